The van der Waals surface area contributed by atoms with Crippen LogP contribution in [-0.2, 0) is 23.1 Å². The molecule has 13 heteroatoms. The molecule has 0 saturated heterocycles. The standard InChI is InChI=1S/C34H29F3N6O3S/c1-5-29(44)42-7-8-43-26(18(42)2)16-25(40-43)33-31(30-24(37)13-20(35)14-28(30)46-10-9-45-4)34-21(6-11-47-34)32(39-33)22-12-19-17-38-41(3)27(19)15-23(22)36/h5-6,11-18H,1,7-10H2,2-4H3. The van der Waals surface area contributed by atoms with E-state index in [1.807, 2.05) is 12.3 Å². The van der Waals surface area contributed by atoms with Crippen molar-refractivity contribution in [3.8, 4) is 39.5 Å². The second kappa shape index (κ2) is 12.0. The topological polar surface area (TPSA) is 87.3 Å². The van der Waals surface area contributed by atoms with E-state index in [2.05, 4.69) is 11.7 Å². The number of halogens is 3. The molecule has 0 spiro atoms. The van der Waals surface area contributed by atoms with Crippen molar-refractivity contribution in [2.75, 3.05) is 26.9 Å². The maximum absolute atomic E-state index is 16.0. The van der Waals surface area contributed by atoms with Crippen LogP contribution in [0.25, 0.3) is 54.8 Å². The van der Waals surface area contributed by atoms with Gasteiger partial charge in [-0.05, 0) is 36.6 Å². The number of rotatable bonds is 8. The Morgan fingerprint density at radius 3 is 2.70 bits per heavy atom. The number of aryl methyl sites for hydroxylation is 1. The SMILES string of the molecule is C=CC(=O)N1CCn2nc(-c3nc(-c4cc5cnn(C)c5cc4F)c4ccsc4c3-c3c(F)cc(F)cc3OCCOC)cc2C1C. The summed E-state index contributed by atoms with van der Waals surface area (Å²) >= 11 is 1.31. The van der Waals surface area contributed by atoms with Crippen molar-refractivity contribution in [2.24, 2.45) is 7.05 Å². The Labute approximate surface area is 271 Å². The summed E-state index contributed by atoms with van der Waals surface area (Å²) < 4.78 is 61.5. The quantitative estimate of drug-likeness (QED) is 0.131. The van der Waals surface area contributed by atoms with Gasteiger partial charge in [0.2, 0.25) is 5.91 Å². The van der Waals surface area contributed by atoms with Crippen molar-refractivity contribution in [2.45, 2.75) is 19.5 Å². The fraction of sp³-hybridized carbons (Fsp3) is 0.235. The Morgan fingerprint density at radius 1 is 1.09 bits per heavy atom. The third-order valence-electron chi connectivity index (χ3n) is 8.47. The van der Waals surface area contributed by atoms with Crippen molar-refractivity contribution in [3.05, 3.63) is 83.8 Å². The summed E-state index contributed by atoms with van der Waals surface area (Å²) in [6.07, 6.45) is 2.92. The molecule has 0 saturated carbocycles. The molecule has 1 aliphatic heterocycles. The molecule has 0 radical (unpaired) electrons. The molecule has 0 bridgehead atoms. The van der Waals surface area contributed by atoms with Crippen LogP contribution in [0.4, 0.5) is 13.2 Å². The monoisotopic (exact) mass is 658 g/mol. The maximum Gasteiger partial charge on any atom is 0.246 e. The zero-order valence-corrected chi connectivity index (χ0v) is 26.6. The summed E-state index contributed by atoms with van der Waals surface area (Å²) in [5, 5.41) is 12.2. The number of aromatic nitrogens is 5. The Kier molecular flexibility index (Phi) is 7.80. The van der Waals surface area contributed by atoms with E-state index in [9.17, 15) is 9.18 Å². The van der Waals surface area contributed by atoms with Gasteiger partial charge in [0.05, 0.1) is 47.9 Å². The average molecular weight is 659 g/mol. The van der Waals surface area contributed by atoms with Crippen LogP contribution in [-0.4, -0.2) is 62.2 Å². The molecule has 1 amide bonds. The molecule has 240 valence electrons. The largest absolute Gasteiger partial charge is 0.490 e. The number of methoxy groups -OCH3 is 1. The highest BCUT2D eigenvalue weighted by Crippen LogP contribution is 2.48. The highest BCUT2D eigenvalue weighted by atomic mass is 32.1. The van der Waals surface area contributed by atoms with Crippen molar-refractivity contribution in [3.63, 3.8) is 0 Å². The number of nitrogens with zero attached hydrogens (tertiary/aromatic N) is 6. The molecule has 47 heavy (non-hydrogen) atoms. The van der Waals surface area contributed by atoms with Gasteiger partial charge in [-0.3, -0.25) is 14.2 Å². The minimum absolute atomic E-state index is 0.00494. The fourth-order valence-corrected chi connectivity index (χ4v) is 7.13. The third kappa shape index (κ3) is 5.15. The van der Waals surface area contributed by atoms with Crippen LogP contribution in [0.2, 0.25) is 0 Å². The van der Waals surface area contributed by atoms with Crippen LogP contribution in [0.1, 0.15) is 18.7 Å². The molecule has 4 aromatic heterocycles. The smallest absolute Gasteiger partial charge is 0.246 e. The highest BCUT2D eigenvalue weighted by molar-refractivity contribution is 7.18. The number of hydrogen-bond acceptors (Lipinski definition) is 7. The molecular weight excluding hydrogens is 629 g/mol. The van der Waals surface area contributed by atoms with E-state index in [0.717, 1.165) is 23.2 Å². The molecule has 2 aromatic carbocycles. The van der Waals surface area contributed by atoms with Crippen LogP contribution < -0.4 is 4.74 Å². The summed E-state index contributed by atoms with van der Waals surface area (Å²) in [6, 6.07) is 8.28. The predicted octanol–water partition coefficient (Wildman–Crippen LogP) is 6.91. The van der Waals surface area contributed by atoms with Crippen molar-refractivity contribution in [1.82, 2.24) is 29.4 Å². The normalized spacial score (nSPS) is 14.6. The number of hydrogen-bond donors (Lipinski definition) is 0. The number of carbonyl (C=O) groups excluding carboxylic acids is 1. The van der Waals surface area contributed by atoms with E-state index in [0.29, 0.717) is 45.6 Å². The Morgan fingerprint density at radius 2 is 1.91 bits per heavy atom. The van der Waals surface area contributed by atoms with Crippen LogP contribution in [0.5, 0.6) is 5.75 Å². The molecule has 1 aliphatic rings. The van der Waals surface area contributed by atoms with Gasteiger partial charge in [0.25, 0.3) is 0 Å². The van der Waals surface area contributed by atoms with Crippen LogP contribution in [0, 0.1) is 17.5 Å². The predicted molar refractivity (Wildman–Crippen MR) is 174 cm³/mol. The summed E-state index contributed by atoms with van der Waals surface area (Å²) in [6.45, 7) is 6.57. The number of amides is 1. The minimum atomic E-state index is -0.856. The van der Waals surface area contributed by atoms with Crippen molar-refractivity contribution < 1.29 is 27.4 Å². The van der Waals surface area contributed by atoms with Gasteiger partial charge in [0.15, 0.2) is 0 Å². The summed E-state index contributed by atoms with van der Waals surface area (Å²) in [5.41, 5.74) is 2.86. The average Bonchev–Trinajstić information content (AvgIpc) is 3.80. The Bertz CT molecular complexity index is 2210. The number of benzene rings is 2. The molecule has 1 atom stereocenters. The molecule has 7 rings (SSSR count). The van der Waals surface area contributed by atoms with E-state index in [4.69, 9.17) is 19.6 Å². The number of carbonyl (C=O) groups is 1. The Balaban J connectivity index is 1.52. The van der Waals surface area contributed by atoms with Gasteiger partial charge >= 0.3 is 0 Å². The van der Waals surface area contributed by atoms with Crippen LogP contribution in [0.15, 0.2) is 60.6 Å². The molecule has 6 aromatic rings. The molecule has 0 fully saturated rings. The number of pyridine rings is 1. The van der Waals surface area contributed by atoms with Gasteiger partial charge in [-0.25, -0.2) is 18.2 Å². The summed E-state index contributed by atoms with van der Waals surface area (Å²) in [5.74, 6) is -2.41. The van der Waals surface area contributed by atoms with E-state index >= 15 is 8.78 Å². The number of thiophene rings is 1. The lowest BCUT2D eigenvalue weighted by Crippen LogP contribution is -2.40. The third-order valence-corrected chi connectivity index (χ3v) is 9.40. The van der Waals surface area contributed by atoms with Crippen LogP contribution in [0.3, 0.4) is 0 Å². The second-order valence-electron chi connectivity index (χ2n) is 11.2. The number of ether oxygens (including phenoxy) is 2. The lowest BCUT2D eigenvalue weighted by atomic mass is 9.96. The minimum Gasteiger partial charge on any atom is -0.490 e. The highest BCUT2D eigenvalue weighted by Gasteiger charge is 2.31. The van der Waals surface area contributed by atoms with Gasteiger partial charge in [0, 0.05) is 65.5 Å². The van der Waals surface area contributed by atoms with E-state index in [1.54, 1.807) is 45.7 Å². The lowest BCUT2D eigenvalue weighted by molar-refractivity contribution is -0.129. The molecule has 1 unspecified atom stereocenters. The van der Waals surface area contributed by atoms with Gasteiger partial charge < -0.3 is 14.4 Å². The Hall–Kier alpha value is -5.01. The maximum atomic E-state index is 16.0. The van der Waals surface area contributed by atoms with Crippen LogP contribution >= 0.6 is 11.3 Å². The second-order valence-corrected chi connectivity index (χ2v) is 12.1. The first kappa shape index (κ1) is 30.6. The first-order chi connectivity index (χ1) is 22.7. The van der Waals surface area contributed by atoms with E-state index in [1.165, 1.54) is 30.6 Å². The first-order valence-corrected chi connectivity index (χ1v) is 15.7. The van der Waals surface area contributed by atoms with E-state index in [-0.39, 0.29) is 47.7 Å². The van der Waals surface area contributed by atoms with Crippen molar-refractivity contribution >= 4 is 38.2 Å². The first-order valence-electron chi connectivity index (χ1n) is 14.8. The fourth-order valence-electron chi connectivity index (χ4n) is 6.18. The zero-order chi connectivity index (χ0) is 33.0. The van der Waals surface area contributed by atoms with E-state index < -0.39 is 17.5 Å². The molecular formula is C34H29F3N6O3S. The van der Waals surface area contributed by atoms with Gasteiger partial charge in [-0.15, -0.1) is 11.3 Å². The molecule has 0 aliphatic carbocycles. The lowest BCUT2D eigenvalue weighted by Gasteiger charge is -2.33. The molecule has 9 nitrogen and oxygen atoms in total. The molecule has 0 N–H and O–H groups in total. The summed E-state index contributed by atoms with van der Waals surface area (Å²) in [4.78, 5) is 19.3. The van der Waals surface area contributed by atoms with Gasteiger partial charge in [0.1, 0.15) is 41.2 Å². The number of fused-ring (bicyclic) bond motifs is 3. The molecule has 5 heterocycles. The van der Waals surface area contributed by atoms with Crippen molar-refractivity contribution in [1.29, 1.82) is 0 Å². The zero-order valence-electron chi connectivity index (χ0n) is 25.8. The summed E-state index contributed by atoms with van der Waals surface area (Å²) in [7, 11) is 3.23. The van der Waals surface area contributed by atoms with Gasteiger partial charge in [-0.2, -0.15) is 10.2 Å². The van der Waals surface area contributed by atoms with Gasteiger partial charge in [-0.1, -0.05) is 6.58 Å².